The highest BCUT2D eigenvalue weighted by Gasteiger charge is 2.41. The molecule has 6 rings (SSSR count). The minimum absolute atomic E-state index is 0.367. The Morgan fingerprint density at radius 3 is 2.56 bits per heavy atom. The van der Waals surface area contributed by atoms with Crippen molar-refractivity contribution in [2.45, 2.75) is 44.2 Å². The van der Waals surface area contributed by atoms with Gasteiger partial charge >= 0.3 is 0 Å². The van der Waals surface area contributed by atoms with Gasteiger partial charge in [0.05, 0.1) is 24.5 Å². The number of aromatic nitrogens is 1. The molecular weight excluding hydrogens is 448 g/mol. The first-order valence-electron chi connectivity index (χ1n) is 12.9. The highest BCUT2D eigenvalue weighted by molar-refractivity contribution is 5.88. The van der Waals surface area contributed by atoms with Crippen molar-refractivity contribution in [2.75, 3.05) is 44.3 Å². The standard InChI is InChI=1S/C30H32N4O2/c1-4-19-5-6-22-25(15-19)32-29-27(22)28(35)23-16-20(18-31)26(17-24(23)30(29,2)3)34-9-7-21(8-10-34)33-11-13-36-14-12-33/h1,5-6,15-17,21,28,32,35H,7-14H2,2-3H3. The van der Waals surface area contributed by atoms with E-state index in [2.05, 4.69) is 46.7 Å². The summed E-state index contributed by atoms with van der Waals surface area (Å²) in [6, 6.07) is 12.9. The normalized spacial score (nSPS) is 22.0. The van der Waals surface area contributed by atoms with Crippen molar-refractivity contribution in [1.82, 2.24) is 9.88 Å². The summed E-state index contributed by atoms with van der Waals surface area (Å²) in [5.74, 6) is 2.70. The molecule has 2 N–H and O–H groups in total. The number of terminal acetylenes is 1. The molecule has 1 aromatic heterocycles. The Bertz CT molecular complexity index is 1410. The molecule has 0 bridgehead atoms. The molecule has 0 radical (unpaired) electrons. The summed E-state index contributed by atoms with van der Waals surface area (Å²) >= 11 is 0. The number of nitrogens with zero attached hydrogens (tertiary/aromatic N) is 3. The smallest absolute Gasteiger partial charge is 0.107 e. The lowest BCUT2D eigenvalue weighted by Crippen LogP contribution is -2.49. The van der Waals surface area contributed by atoms with Crippen LogP contribution in [0.4, 0.5) is 5.69 Å². The van der Waals surface area contributed by atoms with E-state index in [4.69, 9.17) is 11.2 Å². The van der Waals surface area contributed by atoms with E-state index in [0.717, 1.165) is 96.8 Å². The van der Waals surface area contributed by atoms with Crippen LogP contribution in [0.2, 0.25) is 0 Å². The summed E-state index contributed by atoms with van der Waals surface area (Å²) in [7, 11) is 0. The number of fused-ring (bicyclic) bond motifs is 4. The number of nitriles is 1. The van der Waals surface area contributed by atoms with E-state index in [-0.39, 0.29) is 5.41 Å². The van der Waals surface area contributed by atoms with E-state index in [1.807, 2.05) is 24.3 Å². The SMILES string of the molecule is C#Cc1ccc2c3c([nH]c2c1)C(C)(C)c1cc(N2CCC(N4CCOCC4)CC2)c(C#N)cc1C3O. The third-order valence-electron chi connectivity index (χ3n) is 8.53. The van der Waals surface area contributed by atoms with Crippen LogP contribution in [0, 0.1) is 23.7 Å². The Morgan fingerprint density at radius 2 is 1.86 bits per heavy atom. The summed E-state index contributed by atoms with van der Waals surface area (Å²) in [4.78, 5) is 8.49. The number of benzene rings is 2. The number of hydrogen-bond donors (Lipinski definition) is 2. The number of ether oxygens (including phenoxy) is 1. The van der Waals surface area contributed by atoms with E-state index in [0.29, 0.717) is 11.6 Å². The van der Waals surface area contributed by atoms with Gasteiger partial charge in [0.25, 0.3) is 0 Å². The number of hydrogen-bond acceptors (Lipinski definition) is 5. The average molecular weight is 481 g/mol. The second-order valence-electron chi connectivity index (χ2n) is 10.8. The van der Waals surface area contributed by atoms with E-state index in [1.165, 1.54) is 0 Å². The molecule has 2 saturated heterocycles. The number of aromatic amines is 1. The molecule has 0 saturated carbocycles. The second-order valence-corrected chi connectivity index (χ2v) is 10.8. The molecule has 6 heteroatoms. The van der Waals surface area contributed by atoms with Gasteiger partial charge < -0.3 is 19.7 Å². The molecule has 2 aromatic carbocycles. The lowest BCUT2D eigenvalue weighted by molar-refractivity contribution is 0.0115. The van der Waals surface area contributed by atoms with Crippen LogP contribution < -0.4 is 4.90 Å². The average Bonchev–Trinajstić information content (AvgIpc) is 3.32. The van der Waals surface area contributed by atoms with Gasteiger partial charge in [-0.05, 0) is 48.2 Å². The maximum Gasteiger partial charge on any atom is 0.107 e. The Hall–Kier alpha value is -3.29. The van der Waals surface area contributed by atoms with Crippen molar-refractivity contribution in [1.29, 1.82) is 5.26 Å². The van der Waals surface area contributed by atoms with Crippen LogP contribution in [-0.4, -0.2) is 60.4 Å². The van der Waals surface area contributed by atoms with Crippen LogP contribution in [0.5, 0.6) is 0 Å². The molecule has 1 atom stereocenters. The molecule has 184 valence electrons. The summed E-state index contributed by atoms with van der Waals surface area (Å²) in [5.41, 5.74) is 6.75. The minimum atomic E-state index is -0.804. The third-order valence-corrected chi connectivity index (χ3v) is 8.53. The van der Waals surface area contributed by atoms with Gasteiger partial charge in [0, 0.05) is 65.4 Å². The Balaban J connectivity index is 1.37. The molecule has 0 spiro atoms. The summed E-state index contributed by atoms with van der Waals surface area (Å²) < 4.78 is 5.53. The number of anilines is 1. The Morgan fingerprint density at radius 1 is 1.11 bits per heavy atom. The first-order valence-corrected chi connectivity index (χ1v) is 12.9. The fraction of sp³-hybridized carbons (Fsp3) is 0.433. The minimum Gasteiger partial charge on any atom is -0.384 e. The van der Waals surface area contributed by atoms with Gasteiger partial charge in [-0.1, -0.05) is 25.8 Å². The molecule has 0 amide bonds. The predicted molar refractivity (Wildman–Crippen MR) is 141 cm³/mol. The fourth-order valence-electron chi connectivity index (χ4n) is 6.51. The van der Waals surface area contributed by atoms with Crippen LogP contribution in [0.15, 0.2) is 30.3 Å². The molecule has 6 nitrogen and oxygen atoms in total. The van der Waals surface area contributed by atoms with E-state index in [1.54, 1.807) is 0 Å². The molecule has 36 heavy (non-hydrogen) atoms. The van der Waals surface area contributed by atoms with Gasteiger partial charge in [-0.25, -0.2) is 0 Å². The van der Waals surface area contributed by atoms with E-state index >= 15 is 0 Å². The Labute approximate surface area is 212 Å². The fourth-order valence-corrected chi connectivity index (χ4v) is 6.51. The first-order chi connectivity index (χ1) is 17.4. The zero-order valence-corrected chi connectivity index (χ0v) is 21.0. The molecular formula is C30H32N4O2. The van der Waals surface area contributed by atoms with Crippen molar-refractivity contribution in [3.8, 4) is 18.4 Å². The van der Waals surface area contributed by atoms with Gasteiger partial charge in [0.1, 0.15) is 12.2 Å². The number of aliphatic hydroxyl groups is 1. The number of H-pyrrole nitrogens is 1. The third kappa shape index (κ3) is 3.52. The van der Waals surface area contributed by atoms with Gasteiger partial charge in [-0.2, -0.15) is 5.26 Å². The maximum absolute atomic E-state index is 11.6. The van der Waals surface area contributed by atoms with Crippen molar-refractivity contribution in [2.24, 2.45) is 0 Å². The molecule has 3 heterocycles. The summed E-state index contributed by atoms with van der Waals surface area (Å²) in [6.45, 7) is 9.88. The van der Waals surface area contributed by atoms with Crippen LogP contribution in [0.1, 0.15) is 66.3 Å². The lowest BCUT2D eigenvalue weighted by Gasteiger charge is -2.42. The van der Waals surface area contributed by atoms with Crippen molar-refractivity contribution >= 4 is 16.6 Å². The second kappa shape index (κ2) is 8.68. The molecule has 1 unspecified atom stereocenters. The quantitative estimate of drug-likeness (QED) is 0.542. The molecule has 1 aliphatic carbocycles. The van der Waals surface area contributed by atoms with Crippen LogP contribution in [-0.2, 0) is 10.2 Å². The zero-order valence-electron chi connectivity index (χ0n) is 21.0. The van der Waals surface area contributed by atoms with Crippen LogP contribution in [0.3, 0.4) is 0 Å². The van der Waals surface area contributed by atoms with E-state index in [9.17, 15) is 10.4 Å². The lowest BCUT2D eigenvalue weighted by atomic mass is 9.70. The summed E-state index contributed by atoms with van der Waals surface area (Å²) in [5, 5.41) is 22.6. The van der Waals surface area contributed by atoms with E-state index < -0.39 is 6.10 Å². The number of nitrogens with one attached hydrogen (secondary N) is 1. The highest BCUT2D eigenvalue weighted by Crippen LogP contribution is 2.49. The van der Waals surface area contributed by atoms with Crippen molar-refractivity contribution in [3.05, 3.63) is 63.8 Å². The summed E-state index contributed by atoms with van der Waals surface area (Å²) in [6.07, 6.45) is 6.98. The van der Waals surface area contributed by atoms with Crippen molar-refractivity contribution < 1.29 is 9.84 Å². The van der Waals surface area contributed by atoms with Gasteiger partial charge in [-0.3, -0.25) is 4.90 Å². The van der Waals surface area contributed by atoms with Gasteiger partial charge in [0.2, 0.25) is 0 Å². The first kappa shape index (κ1) is 23.1. The number of morpholine rings is 1. The monoisotopic (exact) mass is 480 g/mol. The number of aliphatic hydroxyl groups excluding tert-OH is 1. The van der Waals surface area contributed by atoms with Crippen LogP contribution in [0.25, 0.3) is 10.9 Å². The zero-order chi connectivity index (χ0) is 25.0. The number of piperidine rings is 1. The topological polar surface area (TPSA) is 75.5 Å². The number of rotatable bonds is 2. The largest absolute Gasteiger partial charge is 0.384 e. The molecule has 2 fully saturated rings. The Kier molecular flexibility index (Phi) is 5.57. The van der Waals surface area contributed by atoms with Crippen LogP contribution >= 0.6 is 0 Å². The van der Waals surface area contributed by atoms with Gasteiger partial charge in [-0.15, -0.1) is 6.42 Å². The van der Waals surface area contributed by atoms with Gasteiger partial charge in [0.15, 0.2) is 0 Å². The molecule has 3 aliphatic rings. The van der Waals surface area contributed by atoms with Crippen molar-refractivity contribution in [3.63, 3.8) is 0 Å². The highest BCUT2D eigenvalue weighted by atomic mass is 16.5. The maximum atomic E-state index is 11.6. The predicted octanol–water partition coefficient (Wildman–Crippen LogP) is 4.04. The molecule has 3 aromatic rings. The molecule has 2 aliphatic heterocycles.